The number of rotatable bonds is 11. The van der Waals surface area contributed by atoms with Crippen LogP contribution >= 0.6 is 0 Å². The van der Waals surface area contributed by atoms with E-state index < -0.39 is 0 Å². The molecule has 0 spiro atoms. The molecule has 0 bridgehead atoms. The third kappa shape index (κ3) is 7.66. The maximum atomic E-state index is 3.87. The Morgan fingerprint density at radius 3 is 1.86 bits per heavy atom. The van der Waals surface area contributed by atoms with E-state index in [1.54, 1.807) is 0 Å². The first-order valence-electron chi connectivity index (χ1n) is 9.00. The molecule has 0 aliphatic rings. The van der Waals surface area contributed by atoms with Crippen molar-refractivity contribution in [2.45, 2.75) is 91.1 Å². The van der Waals surface area contributed by atoms with Gasteiger partial charge in [-0.15, -0.1) is 0 Å². The van der Waals surface area contributed by atoms with Crippen LogP contribution in [0, 0.1) is 6.92 Å². The lowest BCUT2D eigenvalue weighted by Crippen LogP contribution is -2.31. The molecule has 0 fully saturated rings. The molecule has 1 atom stereocenters. The van der Waals surface area contributed by atoms with Gasteiger partial charge >= 0.3 is 0 Å². The van der Waals surface area contributed by atoms with Gasteiger partial charge in [-0.05, 0) is 32.3 Å². The van der Waals surface area contributed by atoms with E-state index in [4.69, 9.17) is 0 Å². The highest BCUT2D eigenvalue weighted by Gasteiger charge is 2.13. The second-order valence-electron chi connectivity index (χ2n) is 6.49. The van der Waals surface area contributed by atoms with E-state index >= 15 is 0 Å². The van der Waals surface area contributed by atoms with E-state index in [1.807, 2.05) is 0 Å². The molecule has 1 nitrogen and oxygen atoms in total. The second-order valence-corrected chi connectivity index (χ2v) is 6.49. The highest BCUT2D eigenvalue weighted by molar-refractivity contribution is 5.23. The first-order chi connectivity index (χ1) is 10.2. The summed E-state index contributed by atoms with van der Waals surface area (Å²) in [5.41, 5.74) is 2.75. The Labute approximate surface area is 132 Å². The molecular weight excluding hydrogens is 254 g/mol. The maximum absolute atomic E-state index is 3.87. The smallest absolute Gasteiger partial charge is 0.0294 e. The van der Waals surface area contributed by atoms with Gasteiger partial charge < -0.3 is 5.32 Å². The Hall–Kier alpha value is -0.820. The van der Waals surface area contributed by atoms with Crippen LogP contribution in [-0.4, -0.2) is 6.04 Å². The van der Waals surface area contributed by atoms with Crippen molar-refractivity contribution in [1.82, 2.24) is 5.32 Å². The molecule has 0 saturated carbocycles. The monoisotopic (exact) mass is 289 g/mol. The van der Waals surface area contributed by atoms with Crippen molar-refractivity contribution in [3.8, 4) is 0 Å². The fourth-order valence-electron chi connectivity index (χ4n) is 2.90. The molecule has 1 aromatic carbocycles. The predicted molar refractivity (Wildman–Crippen MR) is 94.8 cm³/mol. The molecule has 0 aliphatic heterocycles. The highest BCUT2D eigenvalue weighted by atomic mass is 14.9. The van der Waals surface area contributed by atoms with Gasteiger partial charge in [-0.25, -0.2) is 0 Å². The van der Waals surface area contributed by atoms with Crippen molar-refractivity contribution < 1.29 is 0 Å². The van der Waals surface area contributed by atoms with Crippen LogP contribution in [0.5, 0.6) is 0 Å². The first-order valence-corrected chi connectivity index (χ1v) is 9.00. The number of hydrogen-bond donors (Lipinski definition) is 1. The highest BCUT2D eigenvalue weighted by Crippen LogP contribution is 2.18. The number of nitrogens with one attached hydrogen (secondary N) is 1. The van der Waals surface area contributed by atoms with Crippen molar-refractivity contribution in [2.75, 3.05) is 0 Å². The topological polar surface area (TPSA) is 12.0 Å². The Morgan fingerprint density at radius 2 is 1.38 bits per heavy atom. The number of hydrogen-bond acceptors (Lipinski definition) is 1. The number of aryl methyl sites for hydroxylation is 1. The minimum atomic E-state index is 0.457. The van der Waals surface area contributed by atoms with E-state index in [0.29, 0.717) is 12.1 Å². The van der Waals surface area contributed by atoms with Gasteiger partial charge in [0.1, 0.15) is 0 Å². The van der Waals surface area contributed by atoms with E-state index in [9.17, 15) is 0 Å². The van der Waals surface area contributed by atoms with Crippen LogP contribution in [0.2, 0.25) is 0 Å². The third-order valence-corrected chi connectivity index (χ3v) is 4.38. The molecular formula is C20H35N. The van der Waals surface area contributed by atoms with Gasteiger partial charge in [0.2, 0.25) is 0 Å². The van der Waals surface area contributed by atoms with Crippen LogP contribution in [0.4, 0.5) is 0 Å². The Bertz CT molecular complexity index is 345. The number of unbranched alkanes of at least 4 members (excludes halogenated alkanes) is 4. The van der Waals surface area contributed by atoms with Gasteiger partial charge in [0.15, 0.2) is 0 Å². The molecule has 120 valence electrons. The summed E-state index contributed by atoms with van der Waals surface area (Å²) in [4.78, 5) is 0. The number of benzene rings is 1. The van der Waals surface area contributed by atoms with Gasteiger partial charge in [-0.2, -0.15) is 0 Å². The Balaban J connectivity index is 2.49. The van der Waals surface area contributed by atoms with Gasteiger partial charge in [0, 0.05) is 12.1 Å². The van der Waals surface area contributed by atoms with Gasteiger partial charge in [0.25, 0.3) is 0 Å². The van der Waals surface area contributed by atoms with Crippen LogP contribution in [0.1, 0.15) is 89.3 Å². The molecule has 0 unspecified atom stereocenters. The van der Waals surface area contributed by atoms with Gasteiger partial charge in [-0.1, -0.05) is 82.2 Å². The van der Waals surface area contributed by atoms with Crippen molar-refractivity contribution in [2.24, 2.45) is 0 Å². The zero-order chi connectivity index (χ0) is 15.5. The largest absolute Gasteiger partial charge is 0.307 e. The van der Waals surface area contributed by atoms with Crippen LogP contribution < -0.4 is 5.32 Å². The van der Waals surface area contributed by atoms with Gasteiger partial charge in [0.05, 0.1) is 0 Å². The zero-order valence-corrected chi connectivity index (χ0v) is 14.6. The van der Waals surface area contributed by atoms with Crippen LogP contribution in [0.3, 0.4) is 0 Å². The first kappa shape index (κ1) is 18.2. The molecule has 0 aliphatic carbocycles. The second kappa shape index (κ2) is 10.8. The molecule has 1 heteroatoms. The summed E-state index contributed by atoms with van der Waals surface area (Å²) >= 11 is 0. The van der Waals surface area contributed by atoms with E-state index in [2.05, 4.69) is 57.3 Å². The third-order valence-electron chi connectivity index (χ3n) is 4.38. The molecule has 0 amide bonds. The lowest BCUT2D eigenvalue weighted by molar-refractivity contribution is 0.384. The molecule has 0 aromatic heterocycles. The molecule has 0 saturated heterocycles. The van der Waals surface area contributed by atoms with E-state index in [-0.39, 0.29) is 0 Å². The quantitative estimate of drug-likeness (QED) is 0.480. The average molecular weight is 290 g/mol. The van der Waals surface area contributed by atoms with Crippen molar-refractivity contribution in [3.05, 3.63) is 35.4 Å². The Kier molecular flexibility index (Phi) is 9.41. The molecule has 1 rings (SSSR count). The Morgan fingerprint density at radius 1 is 0.857 bits per heavy atom. The van der Waals surface area contributed by atoms with Crippen LogP contribution in [0.25, 0.3) is 0 Å². The fraction of sp³-hybridized carbons (Fsp3) is 0.700. The van der Waals surface area contributed by atoms with Crippen molar-refractivity contribution in [1.29, 1.82) is 0 Å². The summed E-state index contributed by atoms with van der Waals surface area (Å²) in [6.45, 7) is 9.03. The van der Waals surface area contributed by atoms with Gasteiger partial charge in [-0.3, -0.25) is 0 Å². The lowest BCUT2D eigenvalue weighted by Gasteiger charge is -2.24. The summed E-state index contributed by atoms with van der Waals surface area (Å²) in [7, 11) is 0. The minimum Gasteiger partial charge on any atom is -0.307 e. The molecule has 0 heterocycles. The fourth-order valence-corrected chi connectivity index (χ4v) is 2.90. The summed E-state index contributed by atoms with van der Waals surface area (Å²) in [6, 6.07) is 10.1. The molecule has 0 radical (unpaired) electrons. The predicted octanol–water partition coefficient (Wildman–Crippen LogP) is 6.17. The zero-order valence-electron chi connectivity index (χ0n) is 14.6. The molecule has 1 aromatic rings. The SMILES string of the molecule is CCCCCC(CCCCC)N[C@@H](C)c1ccc(C)cc1. The maximum Gasteiger partial charge on any atom is 0.0294 e. The summed E-state index contributed by atoms with van der Waals surface area (Å²) in [5.74, 6) is 0. The summed E-state index contributed by atoms with van der Waals surface area (Å²) < 4.78 is 0. The normalized spacial score (nSPS) is 12.8. The summed E-state index contributed by atoms with van der Waals surface area (Å²) in [6.07, 6.45) is 10.7. The van der Waals surface area contributed by atoms with E-state index in [0.717, 1.165) is 0 Å². The van der Waals surface area contributed by atoms with E-state index in [1.165, 1.54) is 62.5 Å². The van der Waals surface area contributed by atoms with Crippen molar-refractivity contribution in [3.63, 3.8) is 0 Å². The van der Waals surface area contributed by atoms with Crippen molar-refractivity contribution >= 4 is 0 Å². The van der Waals surface area contributed by atoms with Crippen LogP contribution in [-0.2, 0) is 0 Å². The lowest BCUT2D eigenvalue weighted by atomic mass is 9.99. The standard InChI is InChI=1S/C20H35N/c1-5-7-9-11-20(12-10-8-6-2)21-18(4)19-15-13-17(3)14-16-19/h13-16,18,20-21H,5-12H2,1-4H3/t18-/m0/s1. The molecule has 1 N–H and O–H groups in total. The average Bonchev–Trinajstić information content (AvgIpc) is 2.48. The minimum absolute atomic E-state index is 0.457. The summed E-state index contributed by atoms with van der Waals surface area (Å²) in [5, 5.41) is 3.87. The van der Waals surface area contributed by atoms with Crippen LogP contribution in [0.15, 0.2) is 24.3 Å². The molecule has 21 heavy (non-hydrogen) atoms.